The molecule has 2 heterocycles. The summed E-state index contributed by atoms with van der Waals surface area (Å²) >= 11 is 1.58. The molecule has 128 valence electrons. The number of aryl methyl sites for hydroxylation is 1. The number of ether oxygens (including phenoxy) is 1. The zero-order chi connectivity index (χ0) is 17.5. The van der Waals surface area contributed by atoms with Crippen LogP contribution in [0.2, 0.25) is 0 Å². The molecule has 0 aliphatic carbocycles. The highest BCUT2D eigenvalue weighted by atomic mass is 32.1. The molecule has 3 aromatic rings. The van der Waals surface area contributed by atoms with Crippen molar-refractivity contribution in [3.63, 3.8) is 0 Å². The van der Waals surface area contributed by atoms with E-state index in [0.717, 1.165) is 27.7 Å². The molecule has 0 aliphatic rings. The van der Waals surface area contributed by atoms with Crippen LogP contribution >= 0.6 is 11.3 Å². The minimum Gasteiger partial charge on any atom is -0.497 e. The fourth-order valence-electron chi connectivity index (χ4n) is 2.31. The molecule has 1 amide bonds. The summed E-state index contributed by atoms with van der Waals surface area (Å²) in [6.45, 7) is 0.452. The third kappa shape index (κ3) is 4.87. The van der Waals surface area contributed by atoms with Gasteiger partial charge >= 0.3 is 0 Å². The quantitative estimate of drug-likeness (QED) is 0.706. The van der Waals surface area contributed by atoms with Crippen LogP contribution in [0.3, 0.4) is 0 Å². The Kier molecular flexibility index (Phi) is 5.74. The summed E-state index contributed by atoms with van der Waals surface area (Å²) in [5.74, 6) is 0.828. The van der Waals surface area contributed by atoms with Gasteiger partial charge in [0.05, 0.1) is 25.0 Å². The summed E-state index contributed by atoms with van der Waals surface area (Å²) < 4.78 is 5.16. The van der Waals surface area contributed by atoms with Crippen molar-refractivity contribution in [3.8, 4) is 16.3 Å². The van der Waals surface area contributed by atoms with Gasteiger partial charge in [0.25, 0.3) is 0 Å². The van der Waals surface area contributed by atoms with Gasteiger partial charge in [0.1, 0.15) is 10.8 Å². The molecule has 0 radical (unpaired) electrons. The Bertz CT molecular complexity index is 816. The second-order valence-corrected chi connectivity index (χ2v) is 6.33. The molecule has 0 saturated heterocycles. The maximum Gasteiger partial charge on any atom is 0.220 e. The summed E-state index contributed by atoms with van der Waals surface area (Å²) in [4.78, 5) is 20.8. The van der Waals surface area contributed by atoms with Crippen molar-refractivity contribution in [2.24, 2.45) is 0 Å². The number of benzene rings is 1. The van der Waals surface area contributed by atoms with E-state index in [4.69, 9.17) is 4.74 Å². The van der Waals surface area contributed by atoms with E-state index in [-0.39, 0.29) is 5.91 Å². The van der Waals surface area contributed by atoms with Crippen LogP contribution in [0.1, 0.15) is 17.8 Å². The number of carbonyl (C=O) groups is 1. The van der Waals surface area contributed by atoms with Crippen molar-refractivity contribution >= 4 is 17.2 Å². The fourth-order valence-corrected chi connectivity index (χ4v) is 3.17. The number of nitrogens with zero attached hydrogens (tertiary/aromatic N) is 2. The number of pyridine rings is 1. The number of amides is 1. The average molecular weight is 353 g/mol. The van der Waals surface area contributed by atoms with Gasteiger partial charge in [0, 0.05) is 23.6 Å². The minimum absolute atomic E-state index is 0.00431. The predicted octanol–water partition coefficient (Wildman–Crippen LogP) is 3.46. The second-order valence-electron chi connectivity index (χ2n) is 5.47. The number of hydrogen-bond donors (Lipinski definition) is 1. The summed E-state index contributed by atoms with van der Waals surface area (Å²) in [5.41, 5.74) is 2.84. The first-order valence-corrected chi connectivity index (χ1v) is 8.88. The van der Waals surface area contributed by atoms with E-state index < -0.39 is 0 Å². The first kappa shape index (κ1) is 17.1. The van der Waals surface area contributed by atoms with Crippen molar-refractivity contribution < 1.29 is 9.53 Å². The van der Waals surface area contributed by atoms with Gasteiger partial charge in [-0.05, 0) is 42.8 Å². The molecule has 0 spiro atoms. The number of carbonyl (C=O) groups excluding carboxylic acids is 1. The highest BCUT2D eigenvalue weighted by Gasteiger charge is 2.08. The van der Waals surface area contributed by atoms with Crippen LogP contribution in [0.25, 0.3) is 10.6 Å². The van der Waals surface area contributed by atoms with E-state index >= 15 is 0 Å². The zero-order valence-electron chi connectivity index (χ0n) is 13.9. The van der Waals surface area contributed by atoms with Gasteiger partial charge < -0.3 is 10.1 Å². The van der Waals surface area contributed by atoms with Gasteiger partial charge in [-0.3, -0.25) is 9.78 Å². The largest absolute Gasteiger partial charge is 0.497 e. The predicted molar refractivity (Wildman–Crippen MR) is 98.5 cm³/mol. The average Bonchev–Trinajstić information content (AvgIpc) is 3.14. The number of thiazole rings is 1. The SMILES string of the molecule is COc1ccc(-c2nc(CCC(=O)NCc3ccccn3)cs2)cc1. The molecule has 0 fully saturated rings. The lowest BCUT2D eigenvalue weighted by Gasteiger charge is -2.03. The lowest BCUT2D eigenvalue weighted by Crippen LogP contribution is -2.23. The number of nitrogens with one attached hydrogen (secondary N) is 1. The highest BCUT2D eigenvalue weighted by Crippen LogP contribution is 2.26. The molecule has 0 aliphatic heterocycles. The van der Waals surface area contributed by atoms with Gasteiger partial charge in [-0.25, -0.2) is 4.98 Å². The maximum atomic E-state index is 12.0. The van der Waals surface area contributed by atoms with Crippen LogP contribution in [0.4, 0.5) is 0 Å². The molecule has 2 aromatic heterocycles. The monoisotopic (exact) mass is 353 g/mol. The lowest BCUT2D eigenvalue weighted by atomic mass is 10.2. The van der Waals surface area contributed by atoms with E-state index in [2.05, 4.69) is 15.3 Å². The van der Waals surface area contributed by atoms with Gasteiger partial charge in [-0.1, -0.05) is 6.07 Å². The summed E-state index contributed by atoms with van der Waals surface area (Å²) in [6, 6.07) is 13.5. The van der Waals surface area contributed by atoms with Crippen LogP contribution in [0.15, 0.2) is 54.0 Å². The summed E-state index contributed by atoms with van der Waals surface area (Å²) in [7, 11) is 1.65. The molecule has 3 rings (SSSR count). The minimum atomic E-state index is 0.00431. The van der Waals surface area contributed by atoms with E-state index in [1.807, 2.05) is 47.8 Å². The molecule has 25 heavy (non-hydrogen) atoms. The molecule has 5 nitrogen and oxygen atoms in total. The molecule has 0 atom stereocenters. The van der Waals surface area contributed by atoms with Crippen molar-refractivity contribution in [3.05, 3.63) is 65.4 Å². The summed E-state index contributed by atoms with van der Waals surface area (Å²) in [5, 5.41) is 5.84. The molecule has 0 unspecified atom stereocenters. The first-order valence-electron chi connectivity index (χ1n) is 8.00. The fraction of sp³-hybridized carbons (Fsp3) is 0.211. The van der Waals surface area contributed by atoms with E-state index in [1.165, 1.54) is 0 Å². The number of hydrogen-bond acceptors (Lipinski definition) is 5. The number of aromatic nitrogens is 2. The van der Waals surface area contributed by atoms with Gasteiger partial charge in [-0.15, -0.1) is 11.3 Å². The summed E-state index contributed by atoms with van der Waals surface area (Å²) in [6.07, 6.45) is 2.76. The normalized spacial score (nSPS) is 10.4. The van der Waals surface area contributed by atoms with Gasteiger partial charge in [-0.2, -0.15) is 0 Å². The van der Waals surface area contributed by atoms with Crippen LogP contribution in [0.5, 0.6) is 5.75 Å². The van der Waals surface area contributed by atoms with E-state index in [1.54, 1.807) is 24.6 Å². The Morgan fingerprint density at radius 3 is 2.72 bits per heavy atom. The smallest absolute Gasteiger partial charge is 0.220 e. The van der Waals surface area contributed by atoms with Gasteiger partial charge in [0.15, 0.2) is 0 Å². The highest BCUT2D eigenvalue weighted by molar-refractivity contribution is 7.13. The van der Waals surface area contributed by atoms with Gasteiger partial charge in [0.2, 0.25) is 5.91 Å². The second kappa shape index (κ2) is 8.39. The molecule has 1 aromatic carbocycles. The van der Waals surface area contributed by atoms with Crippen LogP contribution in [-0.2, 0) is 17.8 Å². The third-order valence-electron chi connectivity index (χ3n) is 3.69. The molecule has 1 N–H and O–H groups in total. The first-order chi connectivity index (χ1) is 12.2. The van der Waals surface area contributed by atoms with E-state index in [9.17, 15) is 4.79 Å². The zero-order valence-corrected chi connectivity index (χ0v) is 14.8. The van der Waals surface area contributed by atoms with Crippen LogP contribution in [-0.4, -0.2) is 23.0 Å². The number of methoxy groups -OCH3 is 1. The van der Waals surface area contributed by atoms with Crippen LogP contribution < -0.4 is 10.1 Å². The molecule has 0 bridgehead atoms. The topological polar surface area (TPSA) is 64.1 Å². The van der Waals surface area contributed by atoms with Crippen molar-refractivity contribution in [2.75, 3.05) is 7.11 Å². The standard InChI is InChI=1S/C19H19N3O2S/c1-24-17-8-5-14(6-9-17)19-22-16(13-25-19)7-10-18(23)21-12-15-4-2-3-11-20-15/h2-6,8-9,11,13H,7,10,12H2,1H3,(H,21,23). The Labute approximate surface area is 150 Å². The number of rotatable bonds is 7. The Hall–Kier alpha value is -2.73. The Morgan fingerprint density at radius 1 is 1.16 bits per heavy atom. The van der Waals surface area contributed by atoms with Crippen molar-refractivity contribution in [1.82, 2.24) is 15.3 Å². The van der Waals surface area contributed by atoms with Crippen LogP contribution in [0, 0.1) is 0 Å². The van der Waals surface area contributed by atoms with Crippen molar-refractivity contribution in [2.45, 2.75) is 19.4 Å². The molecular formula is C19H19N3O2S. The Morgan fingerprint density at radius 2 is 2.00 bits per heavy atom. The molecular weight excluding hydrogens is 334 g/mol. The molecule has 6 heteroatoms. The van der Waals surface area contributed by atoms with E-state index in [0.29, 0.717) is 19.4 Å². The van der Waals surface area contributed by atoms with Crippen molar-refractivity contribution in [1.29, 1.82) is 0 Å². The lowest BCUT2D eigenvalue weighted by molar-refractivity contribution is -0.121. The molecule has 0 saturated carbocycles. The maximum absolute atomic E-state index is 12.0. The third-order valence-corrected chi connectivity index (χ3v) is 4.63. The Balaban J connectivity index is 1.50.